The highest BCUT2D eigenvalue weighted by Gasteiger charge is 2.05. The summed E-state index contributed by atoms with van der Waals surface area (Å²) in [5.41, 5.74) is 0. The van der Waals surface area contributed by atoms with Crippen molar-refractivity contribution >= 4 is 5.97 Å². The van der Waals surface area contributed by atoms with Crippen LogP contribution in [0, 0.1) is 5.92 Å². The molecular formula is C15H28O2. The predicted molar refractivity (Wildman–Crippen MR) is 73.2 cm³/mol. The number of carboxylic acids is 1. The Morgan fingerprint density at radius 3 is 2.06 bits per heavy atom. The molecule has 0 amide bonds. The Kier molecular flexibility index (Phi) is 11.1. The van der Waals surface area contributed by atoms with E-state index in [1.165, 1.54) is 51.0 Å². The molecule has 0 aliphatic heterocycles. The third-order valence-electron chi connectivity index (χ3n) is 3.12. The minimum atomic E-state index is -0.820. The molecule has 1 unspecified atom stereocenters. The Balaban J connectivity index is 3.88. The first-order valence-electron chi connectivity index (χ1n) is 7.11. The lowest BCUT2D eigenvalue weighted by Crippen LogP contribution is -1.99. The van der Waals surface area contributed by atoms with E-state index in [1.54, 1.807) is 0 Å². The fourth-order valence-corrected chi connectivity index (χ4v) is 2.05. The van der Waals surface area contributed by atoms with Crippen LogP contribution in [0.4, 0.5) is 0 Å². The molecule has 0 heterocycles. The largest absolute Gasteiger partial charge is 0.478 e. The van der Waals surface area contributed by atoms with Crippen LogP contribution < -0.4 is 0 Å². The molecule has 0 radical (unpaired) electrons. The van der Waals surface area contributed by atoms with Gasteiger partial charge in [0.15, 0.2) is 0 Å². The quantitative estimate of drug-likeness (QED) is 0.416. The van der Waals surface area contributed by atoms with Crippen LogP contribution in [0.3, 0.4) is 0 Å². The van der Waals surface area contributed by atoms with Gasteiger partial charge in [-0.1, -0.05) is 64.9 Å². The van der Waals surface area contributed by atoms with Crippen molar-refractivity contribution in [3.05, 3.63) is 12.2 Å². The van der Waals surface area contributed by atoms with E-state index in [2.05, 4.69) is 13.8 Å². The highest BCUT2D eigenvalue weighted by Crippen LogP contribution is 2.19. The Bertz CT molecular complexity index is 209. The molecule has 0 spiro atoms. The third-order valence-corrected chi connectivity index (χ3v) is 3.12. The summed E-state index contributed by atoms with van der Waals surface area (Å²) in [6.07, 6.45) is 14.3. The first-order chi connectivity index (χ1) is 8.20. The van der Waals surface area contributed by atoms with Gasteiger partial charge in [0.25, 0.3) is 0 Å². The van der Waals surface area contributed by atoms with E-state index in [-0.39, 0.29) is 0 Å². The van der Waals surface area contributed by atoms with Gasteiger partial charge in [-0.2, -0.15) is 0 Å². The maximum atomic E-state index is 10.5. The molecule has 1 atom stereocenters. The van der Waals surface area contributed by atoms with Crippen LogP contribution in [0.1, 0.15) is 71.6 Å². The van der Waals surface area contributed by atoms with Crippen molar-refractivity contribution in [1.82, 2.24) is 0 Å². The summed E-state index contributed by atoms with van der Waals surface area (Å²) in [7, 11) is 0. The molecule has 1 N–H and O–H groups in total. The normalized spacial score (nSPS) is 13.1. The summed E-state index contributed by atoms with van der Waals surface area (Å²) in [5, 5.41) is 8.66. The van der Waals surface area contributed by atoms with E-state index in [0.29, 0.717) is 5.92 Å². The second kappa shape index (κ2) is 11.7. The fraction of sp³-hybridized carbons (Fsp3) is 0.800. The molecule has 0 aromatic rings. The molecular weight excluding hydrogens is 212 g/mol. The number of hydrogen-bond acceptors (Lipinski definition) is 1. The number of unbranched alkanes of at least 4 members (excludes halogenated alkanes) is 5. The Hall–Kier alpha value is -0.790. The smallest absolute Gasteiger partial charge is 0.327 e. The van der Waals surface area contributed by atoms with Crippen LogP contribution in [0.15, 0.2) is 12.2 Å². The van der Waals surface area contributed by atoms with Crippen LogP contribution in [0.5, 0.6) is 0 Å². The van der Waals surface area contributed by atoms with Crippen molar-refractivity contribution in [2.45, 2.75) is 71.6 Å². The van der Waals surface area contributed by atoms with E-state index in [4.69, 9.17) is 5.11 Å². The van der Waals surface area contributed by atoms with Gasteiger partial charge < -0.3 is 5.11 Å². The molecule has 0 aliphatic rings. The molecule has 100 valence electrons. The van der Waals surface area contributed by atoms with Gasteiger partial charge in [-0.05, 0) is 18.8 Å². The lowest BCUT2D eigenvalue weighted by molar-refractivity contribution is -0.131. The van der Waals surface area contributed by atoms with Gasteiger partial charge in [-0.15, -0.1) is 0 Å². The van der Waals surface area contributed by atoms with Gasteiger partial charge in [0.2, 0.25) is 0 Å². The Labute approximate surface area is 106 Å². The molecule has 0 aromatic carbocycles. The lowest BCUT2D eigenvalue weighted by Gasteiger charge is -2.12. The van der Waals surface area contributed by atoms with E-state index in [9.17, 15) is 4.79 Å². The Morgan fingerprint density at radius 2 is 1.53 bits per heavy atom. The first kappa shape index (κ1) is 16.2. The van der Waals surface area contributed by atoms with Gasteiger partial charge in [0.05, 0.1) is 0 Å². The summed E-state index contributed by atoms with van der Waals surface area (Å²) in [6, 6.07) is 0. The second-order valence-electron chi connectivity index (χ2n) is 4.80. The SMILES string of the molecule is CCCCCCC(/C=C/C(=O)O)CCCCC. The minimum absolute atomic E-state index is 0.467. The molecule has 0 saturated heterocycles. The predicted octanol–water partition coefficient (Wildman–Crippen LogP) is 4.79. The number of hydrogen-bond donors (Lipinski definition) is 1. The van der Waals surface area contributed by atoms with Gasteiger partial charge in [0, 0.05) is 6.08 Å². The first-order valence-corrected chi connectivity index (χ1v) is 7.11. The maximum absolute atomic E-state index is 10.5. The van der Waals surface area contributed by atoms with Crippen molar-refractivity contribution in [2.75, 3.05) is 0 Å². The van der Waals surface area contributed by atoms with Crippen molar-refractivity contribution in [2.24, 2.45) is 5.92 Å². The van der Waals surface area contributed by atoms with Gasteiger partial charge >= 0.3 is 5.97 Å². The topological polar surface area (TPSA) is 37.3 Å². The standard InChI is InChI=1S/C15H28O2/c1-3-5-7-9-11-14(10-8-6-4-2)12-13-15(16)17/h12-14H,3-11H2,1-2H3,(H,16,17)/b13-12+. The van der Waals surface area contributed by atoms with Gasteiger partial charge in [-0.3, -0.25) is 0 Å². The Morgan fingerprint density at radius 1 is 1.00 bits per heavy atom. The summed E-state index contributed by atoms with van der Waals surface area (Å²) < 4.78 is 0. The number of carboxylic acid groups (broad SMARTS) is 1. The molecule has 0 bridgehead atoms. The van der Waals surface area contributed by atoms with Crippen LogP contribution >= 0.6 is 0 Å². The molecule has 2 heteroatoms. The zero-order valence-corrected chi connectivity index (χ0v) is 11.5. The average molecular weight is 240 g/mol. The highest BCUT2D eigenvalue weighted by molar-refractivity contribution is 5.79. The molecule has 0 aromatic heterocycles. The van der Waals surface area contributed by atoms with Crippen LogP contribution in [-0.4, -0.2) is 11.1 Å². The summed E-state index contributed by atoms with van der Waals surface area (Å²) in [6.45, 7) is 4.41. The minimum Gasteiger partial charge on any atom is -0.478 e. The average Bonchev–Trinajstić information content (AvgIpc) is 2.30. The van der Waals surface area contributed by atoms with Gasteiger partial charge in [-0.25, -0.2) is 4.79 Å². The molecule has 17 heavy (non-hydrogen) atoms. The van der Waals surface area contributed by atoms with Crippen LogP contribution in [0.2, 0.25) is 0 Å². The third kappa shape index (κ3) is 11.5. The number of allylic oxidation sites excluding steroid dienone is 1. The number of aliphatic carboxylic acids is 1. The van der Waals surface area contributed by atoms with Crippen LogP contribution in [-0.2, 0) is 4.79 Å². The summed E-state index contributed by atoms with van der Waals surface area (Å²) >= 11 is 0. The molecule has 0 aliphatic carbocycles. The fourth-order valence-electron chi connectivity index (χ4n) is 2.05. The van der Waals surface area contributed by atoms with Gasteiger partial charge in [0.1, 0.15) is 0 Å². The molecule has 0 rings (SSSR count). The molecule has 0 fully saturated rings. The maximum Gasteiger partial charge on any atom is 0.327 e. The number of carbonyl (C=O) groups is 1. The van der Waals surface area contributed by atoms with E-state index in [1.807, 2.05) is 6.08 Å². The molecule has 0 saturated carbocycles. The van der Waals surface area contributed by atoms with Crippen molar-refractivity contribution < 1.29 is 9.90 Å². The van der Waals surface area contributed by atoms with E-state index < -0.39 is 5.97 Å². The van der Waals surface area contributed by atoms with Crippen molar-refractivity contribution in [1.29, 1.82) is 0 Å². The lowest BCUT2D eigenvalue weighted by atomic mass is 9.94. The van der Waals surface area contributed by atoms with E-state index >= 15 is 0 Å². The zero-order chi connectivity index (χ0) is 12.9. The van der Waals surface area contributed by atoms with Crippen LogP contribution in [0.25, 0.3) is 0 Å². The second-order valence-corrected chi connectivity index (χ2v) is 4.80. The van der Waals surface area contributed by atoms with E-state index in [0.717, 1.165) is 12.8 Å². The zero-order valence-electron chi connectivity index (χ0n) is 11.5. The summed E-state index contributed by atoms with van der Waals surface area (Å²) in [5.74, 6) is -0.353. The monoisotopic (exact) mass is 240 g/mol. The van der Waals surface area contributed by atoms with Crippen molar-refractivity contribution in [3.63, 3.8) is 0 Å². The van der Waals surface area contributed by atoms with Crippen molar-refractivity contribution in [3.8, 4) is 0 Å². The highest BCUT2D eigenvalue weighted by atomic mass is 16.4. The molecule has 2 nitrogen and oxygen atoms in total. The summed E-state index contributed by atoms with van der Waals surface area (Å²) in [4.78, 5) is 10.5. The number of rotatable bonds is 11.